The van der Waals surface area contributed by atoms with Gasteiger partial charge in [0.25, 0.3) is 11.8 Å². The Labute approximate surface area is 129 Å². The van der Waals surface area contributed by atoms with Crippen molar-refractivity contribution in [1.82, 2.24) is 10.2 Å². The van der Waals surface area contributed by atoms with Crippen molar-refractivity contribution < 1.29 is 14.4 Å². The van der Waals surface area contributed by atoms with Gasteiger partial charge < -0.3 is 5.32 Å². The SMILES string of the molecule is CCC[C@H]1CCC[C@H](N2C(=O)c3ccccc3C2=O)C(=O)N1. The van der Waals surface area contributed by atoms with Crippen LogP contribution in [0, 0.1) is 0 Å². The molecule has 2 aliphatic heterocycles. The van der Waals surface area contributed by atoms with E-state index in [2.05, 4.69) is 12.2 Å². The highest BCUT2D eigenvalue weighted by Gasteiger charge is 2.43. The first-order valence-electron chi connectivity index (χ1n) is 7.90. The first-order chi connectivity index (χ1) is 10.6. The van der Waals surface area contributed by atoms with Crippen LogP contribution in [0.5, 0.6) is 0 Å². The van der Waals surface area contributed by atoms with E-state index in [1.807, 2.05) is 0 Å². The Bertz CT molecular complexity index is 591. The summed E-state index contributed by atoms with van der Waals surface area (Å²) in [6.07, 6.45) is 4.21. The second-order valence-electron chi connectivity index (χ2n) is 5.97. The van der Waals surface area contributed by atoms with Crippen molar-refractivity contribution in [3.05, 3.63) is 35.4 Å². The van der Waals surface area contributed by atoms with Crippen LogP contribution in [0.3, 0.4) is 0 Å². The van der Waals surface area contributed by atoms with Crippen molar-refractivity contribution in [2.75, 3.05) is 0 Å². The number of hydrogen-bond donors (Lipinski definition) is 1. The molecule has 3 amide bonds. The Hall–Kier alpha value is -2.17. The summed E-state index contributed by atoms with van der Waals surface area (Å²) < 4.78 is 0. The van der Waals surface area contributed by atoms with E-state index >= 15 is 0 Å². The van der Waals surface area contributed by atoms with Gasteiger partial charge in [-0.3, -0.25) is 19.3 Å². The van der Waals surface area contributed by atoms with Crippen LogP contribution < -0.4 is 5.32 Å². The summed E-state index contributed by atoms with van der Waals surface area (Å²) in [6, 6.07) is 6.22. The van der Waals surface area contributed by atoms with Gasteiger partial charge in [0.2, 0.25) is 5.91 Å². The van der Waals surface area contributed by atoms with Crippen molar-refractivity contribution in [1.29, 1.82) is 0 Å². The van der Waals surface area contributed by atoms with E-state index in [0.717, 1.165) is 30.6 Å². The molecule has 5 heteroatoms. The maximum Gasteiger partial charge on any atom is 0.262 e. The van der Waals surface area contributed by atoms with Gasteiger partial charge in [0, 0.05) is 6.04 Å². The van der Waals surface area contributed by atoms with Gasteiger partial charge in [0.1, 0.15) is 6.04 Å². The average Bonchev–Trinajstić information content (AvgIpc) is 2.65. The summed E-state index contributed by atoms with van der Waals surface area (Å²) in [4.78, 5) is 38.6. The molecule has 0 saturated carbocycles. The van der Waals surface area contributed by atoms with Gasteiger partial charge in [0.15, 0.2) is 0 Å². The average molecular weight is 300 g/mol. The van der Waals surface area contributed by atoms with Gasteiger partial charge in [0.05, 0.1) is 11.1 Å². The van der Waals surface area contributed by atoms with Gasteiger partial charge in [-0.15, -0.1) is 0 Å². The number of carbonyl (C=O) groups excluding carboxylic acids is 3. The molecule has 5 nitrogen and oxygen atoms in total. The molecule has 3 rings (SSSR count). The van der Waals surface area contributed by atoms with Crippen molar-refractivity contribution in [3.8, 4) is 0 Å². The number of hydrogen-bond acceptors (Lipinski definition) is 3. The fourth-order valence-electron chi connectivity index (χ4n) is 3.36. The maximum atomic E-state index is 12.5. The van der Waals surface area contributed by atoms with Crippen LogP contribution >= 0.6 is 0 Å². The lowest BCUT2D eigenvalue weighted by Gasteiger charge is -2.24. The zero-order valence-corrected chi connectivity index (χ0v) is 12.7. The molecule has 0 radical (unpaired) electrons. The van der Waals surface area contributed by atoms with E-state index in [1.165, 1.54) is 0 Å². The Morgan fingerprint density at radius 2 is 1.73 bits per heavy atom. The van der Waals surface area contributed by atoms with Crippen LogP contribution in [0.1, 0.15) is 59.7 Å². The van der Waals surface area contributed by atoms with Crippen LogP contribution in [0.15, 0.2) is 24.3 Å². The van der Waals surface area contributed by atoms with Crippen molar-refractivity contribution in [2.45, 2.75) is 51.1 Å². The number of fused-ring (bicyclic) bond motifs is 1. The second kappa shape index (κ2) is 5.91. The zero-order chi connectivity index (χ0) is 15.7. The lowest BCUT2D eigenvalue weighted by Crippen LogP contribution is -2.50. The summed E-state index contributed by atoms with van der Waals surface area (Å²) in [5, 5.41) is 2.99. The van der Waals surface area contributed by atoms with Crippen LogP contribution in [0.25, 0.3) is 0 Å². The summed E-state index contributed by atoms with van der Waals surface area (Å²) >= 11 is 0. The largest absolute Gasteiger partial charge is 0.352 e. The molecule has 1 aromatic carbocycles. The minimum absolute atomic E-state index is 0.151. The van der Waals surface area contributed by atoms with Gasteiger partial charge in [-0.1, -0.05) is 25.5 Å². The number of amides is 3. The maximum absolute atomic E-state index is 12.5. The predicted octanol–water partition coefficient (Wildman–Crippen LogP) is 2.12. The first-order valence-corrected chi connectivity index (χ1v) is 7.90. The molecule has 0 spiro atoms. The fourth-order valence-corrected chi connectivity index (χ4v) is 3.36. The third-order valence-corrected chi connectivity index (χ3v) is 4.45. The molecule has 22 heavy (non-hydrogen) atoms. The van der Waals surface area contributed by atoms with Gasteiger partial charge in [-0.25, -0.2) is 0 Å². The van der Waals surface area contributed by atoms with E-state index < -0.39 is 6.04 Å². The normalized spacial score (nSPS) is 25.0. The molecule has 1 fully saturated rings. The zero-order valence-electron chi connectivity index (χ0n) is 12.7. The molecule has 1 N–H and O–H groups in total. The molecule has 0 bridgehead atoms. The third kappa shape index (κ3) is 2.40. The number of benzene rings is 1. The summed E-state index contributed by atoms with van der Waals surface area (Å²) in [7, 11) is 0. The molecule has 1 aromatic rings. The van der Waals surface area contributed by atoms with Crippen molar-refractivity contribution in [3.63, 3.8) is 0 Å². The Morgan fingerprint density at radius 3 is 2.32 bits per heavy atom. The van der Waals surface area contributed by atoms with E-state index in [0.29, 0.717) is 17.5 Å². The van der Waals surface area contributed by atoms with E-state index in [4.69, 9.17) is 0 Å². The highest BCUT2D eigenvalue weighted by molar-refractivity contribution is 6.22. The standard InChI is InChI=1S/C17H20N2O3/c1-2-6-11-7-5-10-14(15(20)18-11)19-16(21)12-8-3-4-9-13(12)17(19)22/h3-4,8-9,11,14H,2,5-7,10H2,1H3,(H,18,20)/t11-,14-/m0/s1. The van der Waals surface area contributed by atoms with E-state index in [1.54, 1.807) is 24.3 Å². The smallest absolute Gasteiger partial charge is 0.262 e. The molecule has 2 aliphatic rings. The second-order valence-corrected chi connectivity index (χ2v) is 5.97. The predicted molar refractivity (Wildman–Crippen MR) is 81.4 cm³/mol. The van der Waals surface area contributed by atoms with Gasteiger partial charge in [-0.05, 0) is 37.8 Å². The lowest BCUT2D eigenvalue weighted by atomic mass is 10.1. The van der Waals surface area contributed by atoms with Gasteiger partial charge in [-0.2, -0.15) is 0 Å². The molecule has 2 atom stereocenters. The Kier molecular flexibility index (Phi) is 3.96. The lowest BCUT2D eigenvalue weighted by molar-refractivity contribution is -0.125. The van der Waals surface area contributed by atoms with Gasteiger partial charge >= 0.3 is 0 Å². The first kappa shape index (κ1) is 14.8. The van der Waals surface area contributed by atoms with Crippen LogP contribution in [0.2, 0.25) is 0 Å². The topological polar surface area (TPSA) is 66.5 Å². The molecular weight excluding hydrogens is 280 g/mol. The van der Waals surface area contributed by atoms with E-state index in [9.17, 15) is 14.4 Å². The third-order valence-electron chi connectivity index (χ3n) is 4.45. The minimum Gasteiger partial charge on any atom is -0.352 e. The molecule has 1 saturated heterocycles. The number of imide groups is 1. The quantitative estimate of drug-likeness (QED) is 0.870. The number of nitrogens with zero attached hydrogens (tertiary/aromatic N) is 1. The van der Waals surface area contributed by atoms with Crippen LogP contribution in [-0.4, -0.2) is 34.7 Å². The number of carbonyl (C=O) groups is 3. The highest BCUT2D eigenvalue weighted by atomic mass is 16.2. The summed E-state index contributed by atoms with van der Waals surface area (Å²) in [5.41, 5.74) is 0.796. The van der Waals surface area contributed by atoms with Crippen LogP contribution in [0.4, 0.5) is 0 Å². The molecule has 0 aromatic heterocycles. The summed E-state index contributed by atoms with van der Waals surface area (Å²) in [5.74, 6) is -0.908. The molecule has 0 unspecified atom stereocenters. The number of nitrogens with one attached hydrogen (secondary N) is 1. The van der Waals surface area contributed by atoms with Crippen molar-refractivity contribution in [2.24, 2.45) is 0 Å². The monoisotopic (exact) mass is 300 g/mol. The molecule has 2 heterocycles. The fraction of sp³-hybridized carbons (Fsp3) is 0.471. The Balaban J connectivity index is 1.84. The van der Waals surface area contributed by atoms with Crippen molar-refractivity contribution >= 4 is 17.7 Å². The van der Waals surface area contributed by atoms with Crippen LogP contribution in [-0.2, 0) is 4.79 Å². The minimum atomic E-state index is -0.686. The van der Waals surface area contributed by atoms with E-state index in [-0.39, 0.29) is 23.8 Å². The molecule has 116 valence electrons. The Morgan fingerprint density at radius 1 is 1.09 bits per heavy atom. The molecule has 0 aliphatic carbocycles. The highest BCUT2D eigenvalue weighted by Crippen LogP contribution is 2.27. The molecular formula is C17H20N2O3. The summed E-state index contributed by atoms with van der Waals surface area (Å²) in [6.45, 7) is 2.08. The number of rotatable bonds is 3.